The van der Waals surface area contributed by atoms with Crippen LogP contribution in [0.4, 0.5) is 0 Å². The molecule has 332 valence electrons. The van der Waals surface area contributed by atoms with Crippen LogP contribution in [-0.2, 0) is 57.1 Å². The van der Waals surface area contributed by atoms with E-state index in [4.69, 9.17) is 37.9 Å². The number of methoxy groups -OCH3 is 1. The van der Waals surface area contributed by atoms with Gasteiger partial charge < -0.3 is 62.9 Å². The van der Waals surface area contributed by atoms with Crippen LogP contribution in [0.25, 0.3) is 0 Å². The van der Waals surface area contributed by atoms with Crippen LogP contribution in [0.5, 0.6) is 0 Å². The summed E-state index contributed by atoms with van der Waals surface area (Å²) >= 11 is 0. The van der Waals surface area contributed by atoms with Crippen molar-refractivity contribution in [2.24, 2.45) is 11.8 Å². The number of rotatable bonds is 13. The molecule has 0 radical (unpaired) electrons. The van der Waals surface area contributed by atoms with Gasteiger partial charge in [-0.15, -0.1) is 0 Å². The monoisotopic (exact) mass is 827 g/mol. The lowest BCUT2D eigenvalue weighted by molar-refractivity contribution is -0.344. The number of cyclic esters (lactones) is 1. The zero-order valence-corrected chi connectivity index (χ0v) is 35.9. The second kappa shape index (κ2) is 23.3. The SMILES string of the molecule is CCCC(=O)O[C@H]1[C@H](C)O[C@@H](OC2[C@@H](C)O[C@@H](O[C@H]3[C@@H](CC=O)CC(C)[C@@H](O)/C=C/C=C/C[C@@H](C)OC(=O)C[C@@H](OC(=O)CC)[C@@H]3OC)[C@H](O)[C@H]2N(C)C)C[C@@]1(C)O. The first-order chi connectivity index (χ1) is 27.4. The zero-order valence-electron chi connectivity index (χ0n) is 35.9. The minimum atomic E-state index is -1.49. The molecule has 0 spiro atoms. The van der Waals surface area contributed by atoms with E-state index in [0.717, 1.165) is 6.29 Å². The van der Waals surface area contributed by atoms with Crippen molar-refractivity contribution in [3.05, 3.63) is 24.3 Å². The van der Waals surface area contributed by atoms with Crippen molar-refractivity contribution >= 4 is 24.2 Å². The topological polar surface area (TPSA) is 206 Å². The summed E-state index contributed by atoms with van der Waals surface area (Å²) in [7, 11) is 4.87. The van der Waals surface area contributed by atoms with E-state index < -0.39 is 121 Å². The number of aliphatic hydroxyl groups is 3. The highest BCUT2D eigenvalue weighted by molar-refractivity contribution is 5.72. The molecule has 58 heavy (non-hydrogen) atoms. The van der Waals surface area contributed by atoms with E-state index in [9.17, 15) is 34.5 Å². The maximum absolute atomic E-state index is 13.3. The van der Waals surface area contributed by atoms with Gasteiger partial charge in [0.05, 0.1) is 36.9 Å². The Labute approximate surface area is 343 Å². The van der Waals surface area contributed by atoms with Gasteiger partial charge in [-0.3, -0.25) is 14.4 Å². The predicted octanol–water partition coefficient (Wildman–Crippen LogP) is 3.16. The van der Waals surface area contributed by atoms with Gasteiger partial charge in [0, 0.05) is 39.2 Å². The van der Waals surface area contributed by atoms with Crippen LogP contribution in [-0.4, -0.2) is 151 Å². The van der Waals surface area contributed by atoms with Crippen LogP contribution in [0.3, 0.4) is 0 Å². The molecular formula is C42H69NO15. The lowest BCUT2D eigenvalue weighted by Gasteiger charge is -2.50. The van der Waals surface area contributed by atoms with Crippen molar-refractivity contribution in [3.8, 4) is 0 Å². The standard InChI is InChI=1S/C42H69NO15/c1-11-16-32(47)56-40-27(6)53-34(23-42(40,7)50)57-37-26(5)54-41(36(49)35(37)43(8)9)58-38-28(19-20-44)21-24(3)29(45)18-15-13-14-17-25(4)52-33(48)22-30(39(38)51-10)55-31(46)12-2/h13-15,18,20,24-30,34-41,45,49-50H,11-12,16-17,19,21-23H2,1-10H3/b14-13+,18-15+/t24?,25-,26-,27+,28+,29+,30-,34+,35-,36-,37?,38+,39+,40+,41+,42-/m1/s1. The number of aldehydes is 1. The smallest absolute Gasteiger partial charge is 0.309 e. The molecule has 0 amide bonds. The van der Waals surface area contributed by atoms with Gasteiger partial charge in [0.25, 0.3) is 0 Å². The van der Waals surface area contributed by atoms with Crippen molar-refractivity contribution in [3.63, 3.8) is 0 Å². The minimum absolute atomic E-state index is 0.000517. The maximum atomic E-state index is 13.3. The Bertz CT molecular complexity index is 1370. The molecule has 3 N–H and O–H groups in total. The van der Waals surface area contributed by atoms with Crippen LogP contribution in [0.1, 0.15) is 99.8 Å². The molecule has 3 rings (SSSR count). The third kappa shape index (κ3) is 13.9. The van der Waals surface area contributed by atoms with Gasteiger partial charge in [0.1, 0.15) is 42.4 Å². The van der Waals surface area contributed by atoms with E-state index in [1.165, 1.54) is 7.11 Å². The van der Waals surface area contributed by atoms with Crippen LogP contribution >= 0.6 is 0 Å². The molecule has 0 aromatic carbocycles. The maximum Gasteiger partial charge on any atom is 0.309 e. The molecule has 16 atom stereocenters. The molecule has 0 aromatic rings. The molecule has 16 nitrogen and oxygen atoms in total. The number of hydrogen-bond donors (Lipinski definition) is 3. The summed E-state index contributed by atoms with van der Waals surface area (Å²) in [5.74, 6) is -2.79. The Morgan fingerprint density at radius 3 is 2.29 bits per heavy atom. The molecule has 0 bridgehead atoms. The average molecular weight is 828 g/mol. The summed E-state index contributed by atoms with van der Waals surface area (Å²) in [6.45, 7) is 12.0. The summed E-state index contributed by atoms with van der Waals surface area (Å²) < 4.78 is 48.7. The fraction of sp³-hybridized carbons (Fsp3) is 0.810. The van der Waals surface area contributed by atoms with Gasteiger partial charge >= 0.3 is 17.9 Å². The van der Waals surface area contributed by atoms with Crippen molar-refractivity contribution in [2.45, 2.75) is 185 Å². The number of likely N-dealkylation sites (N-methyl/N-ethyl adjacent to an activating group) is 1. The quantitative estimate of drug-likeness (QED) is 0.139. The van der Waals surface area contributed by atoms with Crippen LogP contribution in [0.2, 0.25) is 0 Å². The van der Waals surface area contributed by atoms with Gasteiger partial charge in [0.2, 0.25) is 0 Å². The van der Waals surface area contributed by atoms with Crippen LogP contribution in [0.15, 0.2) is 24.3 Å². The van der Waals surface area contributed by atoms with Gasteiger partial charge in [-0.1, -0.05) is 45.1 Å². The number of carbonyl (C=O) groups excluding carboxylic acids is 4. The molecule has 2 fully saturated rings. The number of nitrogens with zero attached hydrogens (tertiary/aromatic N) is 1. The summed E-state index contributed by atoms with van der Waals surface area (Å²) in [4.78, 5) is 52.5. The van der Waals surface area contributed by atoms with Crippen molar-refractivity contribution in [1.29, 1.82) is 0 Å². The van der Waals surface area contributed by atoms with E-state index in [1.807, 2.05) is 19.9 Å². The molecule has 3 heterocycles. The van der Waals surface area contributed by atoms with E-state index in [2.05, 4.69) is 0 Å². The predicted molar refractivity (Wildman–Crippen MR) is 210 cm³/mol. The lowest BCUT2D eigenvalue weighted by atomic mass is 9.82. The summed E-state index contributed by atoms with van der Waals surface area (Å²) in [5, 5.41) is 34.6. The normalized spacial score (nSPS) is 40.6. The first-order valence-electron chi connectivity index (χ1n) is 20.6. The second-order valence-corrected chi connectivity index (χ2v) is 16.3. The molecule has 3 aliphatic rings. The van der Waals surface area contributed by atoms with E-state index >= 15 is 0 Å². The fourth-order valence-corrected chi connectivity index (χ4v) is 8.00. The Kier molecular flexibility index (Phi) is 19.9. The van der Waals surface area contributed by atoms with Gasteiger partial charge in [-0.05, 0) is 66.5 Å². The number of hydrogen-bond acceptors (Lipinski definition) is 16. The molecule has 0 aromatic heterocycles. The highest BCUT2D eigenvalue weighted by Gasteiger charge is 2.53. The van der Waals surface area contributed by atoms with Crippen molar-refractivity contribution < 1.29 is 72.4 Å². The zero-order chi connectivity index (χ0) is 43.3. The van der Waals surface area contributed by atoms with Crippen molar-refractivity contribution in [1.82, 2.24) is 4.90 Å². The first kappa shape index (κ1) is 49.6. The number of aliphatic hydroxyl groups excluding tert-OH is 2. The molecule has 0 saturated carbocycles. The third-order valence-corrected chi connectivity index (χ3v) is 11.1. The Morgan fingerprint density at radius 2 is 1.69 bits per heavy atom. The molecular weight excluding hydrogens is 758 g/mol. The molecule has 2 unspecified atom stereocenters. The van der Waals surface area contributed by atoms with E-state index in [1.54, 1.807) is 71.8 Å². The van der Waals surface area contributed by atoms with E-state index in [-0.39, 0.29) is 32.1 Å². The van der Waals surface area contributed by atoms with Crippen LogP contribution in [0, 0.1) is 11.8 Å². The first-order valence-corrected chi connectivity index (χ1v) is 20.6. The third-order valence-electron chi connectivity index (χ3n) is 11.1. The molecule has 2 saturated heterocycles. The minimum Gasteiger partial charge on any atom is -0.462 e. The molecule has 0 aliphatic carbocycles. The average Bonchev–Trinajstić information content (AvgIpc) is 3.13. The number of carbonyl (C=O) groups is 4. The van der Waals surface area contributed by atoms with Crippen LogP contribution < -0.4 is 0 Å². The molecule has 3 aliphatic heterocycles. The summed E-state index contributed by atoms with van der Waals surface area (Å²) in [5.41, 5.74) is -1.49. The van der Waals surface area contributed by atoms with Gasteiger partial charge in [-0.25, -0.2) is 0 Å². The number of allylic oxidation sites excluding steroid dienone is 2. The Hall–Kier alpha value is -2.80. The van der Waals surface area contributed by atoms with E-state index in [0.29, 0.717) is 12.8 Å². The van der Waals surface area contributed by atoms with Gasteiger partial charge in [0.15, 0.2) is 18.7 Å². The number of ether oxygens (including phenoxy) is 8. The second-order valence-electron chi connectivity index (χ2n) is 16.3. The van der Waals surface area contributed by atoms with Gasteiger partial charge in [-0.2, -0.15) is 0 Å². The molecule has 16 heteroatoms. The highest BCUT2D eigenvalue weighted by atomic mass is 16.7. The highest BCUT2D eigenvalue weighted by Crippen LogP contribution is 2.38. The Balaban J connectivity index is 2.00. The fourth-order valence-electron chi connectivity index (χ4n) is 8.00. The summed E-state index contributed by atoms with van der Waals surface area (Å²) in [6, 6.07) is -0.779. The largest absolute Gasteiger partial charge is 0.462 e. The lowest BCUT2D eigenvalue weighted by Crippen LogP contribution is -2.66. The number of esters is 3. The summed E-state index contributed by atoms with van der Waals surface area (Å²) in [6.07, 6.45) is -3.41. The van der Waals surface area contributed by atoms with Crippen molar-refractivity contribution in [2.75, 3.05) is 21.2 Å². The Morgan fingerprint density at radius 1 is 0.983 bits per heavy atom.